The van der Waals surface area contributed by atoms with Crippen LogP contribution in [0.15, 0.2) is 46.9 Å². The van der Waals surface area contributed by atoms with Crippen LogP contribution in [0.3, 0.4) is 0 Å². The van der Waals surface area contributed by atoms with E-state index in [-0.39, 0.29) is 12.0 Å². The first-order chi connectivity index (χ1) is 10.9. The number of rotatable bonds is 5. The van der Waals surface area contributed by atoms with Crippen molar-refractivity contribution in [2.45, 2.75) is 12.5 Å². The molecule has 0 spiro atoms. The van der Waals surface area contributed by atoms with Gasteiger partial charge in [-0.15, -0.1) is 0 Å². The van der Waals surface area contributed by atoms with Gasteiger partial charge in [-0.3, -0.25) is 9.59 Å². The van der Waals surface area contributed by atoms with E-state index in [1.807, 2.05) is 0 Å². The van der Waals surface area contributed by atoms with Crippen molar-refractivity contribution in [2.24, 2.45) is 5.73 Å². The Bertz CT molecular complexity index is 735. The Hall–Kier alpha value is -2.28. The second kappa shape index (κ2) is 7.32. The first kappa shape index (κ1) is 17.1. The maximum atomic E-state index is 13.2. The molecule has 23 heavy (non-hydrogen) atoms. The standard InChI is InChI=1S/C16H13BrF2N2O2/c17-11-4-1-9(2-5-11)7-14(15(20)22)21-16(23)10-3-6-12(18)13(19)8-10/h1-6,8,14H,7H2,(H2,20,22)(H,21,23)/t14-/m0/s1. The minimum Gasteiger partial charge on any atom is -0.368 e. The van der Waals surface area contributed by atoms with Crippen LogP contribution in [-0.4, -0.2) is 17.9 Å². The molecule has 2 amide bonds. The van der Waals surface area contributed by atoms with Gasteiger partial charge in [0, 0.05) is 16.5 Å². The van der Waals surface area contributed by atoms with Crippen LogP contribution in [0, 0.1) is 11.6 Å². The lowest BCUT2D eigenvalue weighted by molar-refractivity contribution is -0.119. The third kappa shape index (κ3) is 4.59. The number of nitrogens with one attached hydrogen (secondary N) is 1. The van der Waals surface area contributed by atoms with Crippen molar-refractivity contribution in [3.05, 3.63) is 69.7 Å². The summed E-state index contributed by atoms with van der Waals surface area (Å²) in [6, 6.07) is 8.94. The van der Waals surface area contributed by atoms with Crippen LogP contribution >= 0.6 is 15.9 Å². The van der Waals surface area contributed by atoms with E-state index in [9.17, 15) is 18.4 Å². The quantitative estimate of drug-likeness (QED) is 0.833. The number of amides is 2. The average molecular weight is 383 g/mol. The molecule has 0 fully saturated rings. The fraction of sp³-hybridized carbons (Fsp3) is 0.125. The second-order valence-corrected chi connectivity index (χ2v) is 5.80. The predicted octanol–water partition coefficient (Wildman–Crippen LogP) is 2.55. The van der Waals surface area contributed by atoms with Crippen molar-refractivity contribution in [1.82, 2.24) is 5.32 Å². The molecule has 0 aromatic heterocycles. The molecule has 0 saturated heterocycles. The van der Waals surface area contributed by atoms with Gasteiger partial charge in [0.1, 0.15) is 6.04 Å². The van der Waals surface area contributed by atoms with E-state index < -0.39 is 29.5 Å². The summed E-state index contributed by atoms with van der Waals surface area (Å²) in [4.78, 5) is 23.6. The first-order valence-electron chi connectivity index (χ1n) is 6.66. The van der Waals surface area contributed by atoms with Crippen LogP contribution in [0.25, 0.3) is 0 Å². The molecule has 1 atom stereocenters. The highest BCUT2D eigenvalue weighted by Gasteiger charge is 2.20. The Kier molecular flexibility index (Phi) is 5.44. The summed E-state index contributed by atoms with van der Waals surface area (Å²) < 4.78 is 26.9. The predicted molar refractivity (Wildman–Crippen MR) is 84.7 cm³/mol. The minimum absolute atomic E-state index is 0.0917. The Morgan fingerprint density at radius 2 is 1.74 bits per heavy atom. The second-order valence-electron chi connectivity index (χ2n) is 4.89. The molecule has 4 nitrogen and oxygen atoms in total. The summed E-state index contributed by atoms with van der Waals surface area (Å²) in [6.07, 6.45) is 0.192. The van der Waals surface area contributed by atoms with Gasteiger partial charge < -0.3 is 11.1 Å². The van der Waals surface area contributed by atoms with Crippen LogP contribution in [0.2, 0.25) is 0 Å². The summed E-state index contributed by atoms with van der Waals surface area (Å²) in [7, 11) is 0. The molecule has 7 heteroatoms. The highest BCUT2D eigenvalue weighted by molar-refractivity contribution is 9.10. The van der Waals surface area contributed by atoms with E-state index in [2.05, 4.69) is 21.2 Å². The van der Waals surface area contributed by atoms with Crippen LogP contribution in [0.1, 0.15) is 15.9 Å². The summed E-state index contributed by atoms with van der Waals surface area (Å²) in [6.45, 7) is 0. The smallest absolute Gasteiger partial charge is 0.252 e. The topological polar surface area (TPSA) is 72.2 Å². The number of hydrogen-bond donors (Lipinski definition) is 2. The highest BCUT2D eigenvalue weighted by Crippen LogP contribution is 2.13. The average Bonchev–Trinajstić information content (AvgIpc) is 2.51. The number of benzene rings is 2. The molecule has 0 aliphatic carbocycles. The lowest BCUT2D eigenvalue weighted by atomic mass is 10.0. The van der Waals surface area contributed by atoms with Gasteiger partial charge in [0.2, 0.25) is 5.91 Å². The number of hydrogen-bond acceptors (Lipinski definition) is 2. The van der Waals surface area contributed by atoms with Crippen LogP contribution in [0.4, 0.5) is 8.78 Å². The van der Waals surface area contributed by atoms with E-state index in [1.54, 1.807) is 24.3 Å². The Morgan fingerprint density at radius 1 is 1.09 bits per heavy atom. The number of primary amides is 1. The summed E-state index contributed by atoms with van der Waals surface area (Å²) in [5.74, 6) is -3.61. The highest BCUT2D eigenvalue weighted by atomic mass is 79.9. The van der Waals surface area contributed by atoms with Gasteiger partial charge in [0.15, 0.2) is 11.6 Å². The monoisotopic (exact) mass is 382 g/mol. The van der Waals surface area contributed by atoms with Crippen molar-refractivity contribution in [3.63, 3.8) is 0 Å². The summed E-state index contributed by atoms with van der Waals surface area (Å²) >= 11 is 3.30. The zero-order chi connectivity index (χ0) is 17.0. The Labute approximate surface area is 139 Å². The number of halogens is 3. The molecule has 0 heterocycles. The molecule has 2 aromatic carbocycles. The molecule has 2 aromatic rings. The zero-order valence-electron chi connectivity index (χ0n) is 11.9. The molecule has 0 aliphatic rings. The maximum absolute atomic E-state index is 13.2. The summed E-state index contributed by atoms with van der Waals surface area (Å²) in [5, 5.41) is 2.43. The third-order valence-corrected chi connectivity index (χ3v) is 3.71. The van der Waals surface area contributed by atoms with E-state index in [0.717, 1.165) is 28.2 Å². The number of nitrogens with two attached hydrogens (primary N) is 1. The molecule has 3 N–H and O–H groups in total. The van der Waals surface area contributed by atoms with Crippen LogP contribution < -0.4 is 11.1 Å². The van der Waals surface area contributed by atoms with Crippen LogP contribution in [0.5, 0.6) is 0 Å². The number of carbonyl (C=O) groups excluding carboxylic acids is 2. The fourth-order valence-electron chi connectivity index (χ4n) is 1.96. The molecule has 0 radical (unpaired) electrons. The van der Waals surface area contributed by atoms with Crippen molar-refractivity contribution in [3.8, 4) is 0 Å². The van der Waals surface area contributed by atoms with Crippen molar-refractivity contribution in [1.29, 1.82) is 0 Å². The Morgan fingerprint density at radius 3 is 2.30 bits per heavy atom. The van der Waals surface area contributed by atoms with Crippen molar-refractivity contribution >= 4 is 27.7 Å². The lowest BCUT2D eigenvalue weighted by Crippen LogP contribution is -2.45. The van der Waals surface area contributed by atoms with Gasteiger partial charge in [0.25, 0.3) is 5.91 Å². The molecule has 0 aliphatic heterocycles. The van der Waals surface area contributed by atoms with E-state index in [1.165, 1.54) is 0 Å². The number of carbonyl (C=O) groups is 2. The Balaban J connectivity index is 2.12. The SMILES string of the molecule is NC(=O)[C@H](Cc1ccc(Br)cc1)NC(=O)c1ccc(F)c(F)c1. The molecule has 0 unspecified atom stereocenters. The zero-order valence-corrected chi connectivity index (χ0v) is 13.4. The largest absolute Gasteiger partial charge is 0.368 e. The molecular weight excluding hydrogens is 370 g/mol. The third-order valence-electron chi connectivity index (χ3n) is 3.18. The van der Waals surface area contributed by atoms with Gasteiger partial charge in [-0.2, -0.15) is 0 Å². The van der Waals surface area contributed by atoms with Crippen LogP contribution in [-0.2, 0) is 11.2 Å². The van der Waals surface area contributed by atoms with Crippen molar-refractivity contribution < 1.29 is 18.4 Å². The van der Waals surface area contributed by atoms with E-state index in [4.69, 9.17) is 5.73 Å². The molecule has 0 bridgehead atoms. The van der Waals surface area contributed by atoms with Gasteiger partial charge in [-0.05, 0) is 35.9 Å². The summed E-state index contributed by atoms with van der Waals surface area (Å²) in [5.41, 5.74) is 6.00. The van der Waals surface area contributed by atoms with Gasteiger partial charge in [0.05, 0.1) is 0 Å². The van der Waals surface area contributed by atoms with Gasteiger partial charge >= 0.3 is 0 Å². The van der Waals surface area contributed by atoms with Crippen molar-refractivity contribution in [2.75, 3.05) is 0 Å². The molecule has 120 valence electrons. The first-order valence-corrected chi connectivity index (χ1v) is 7.46. The fourth-order valence-corrected chi connectivity index (χ4v) is 2.22. The van der Waals surface area contributed by atoms with Gasteiger partial charge in [-0.25, -0.2) is 8.78 Å². The van der Waals surface area contributed by atoms with E-state index >= 15 is 0 Å². The van der Waals surface area contributed by atoms with Gasteiger partial charge in [-0.1, -0.05) is 28.1 Å². The minimum atomic E-state index is -1.14. The molecule has 2 rings (SSSR count). The normalized spacial score (nSPS) is 11.8. The molecule has 0 saturated carbocycles. The van der Waals surface area contributed by atoms with E-state index in [0.29, 0.717) is 0 Å². The lowest BCUT2D eigenvalue weighted by Gasteiger charge is -2.16. The maximum Gasteiger partial charge on any atom is 0.252 e. The molecular formula is C16H13BrF2N2O2.